The van der Waals surface area contributed by atoms with Crippen LogP contribution in [0.2, 0.25) is 0 Å². The maximum Gasteiger partial charge on any atom is 0.326 e. The smallest absolute Gasteiger partial charge is 0.326 e. The van der Waals surface area contributed by atoms with Crippen molar-refractivity contribution >= 4 is 23.5 Å². The van der Waals surface area contributed by atoms with E-state index in [1.54, 1.807) is 12.1 Å². The second-order valence-electron chi connectivity index (χ2n) is 4.90. The number of nitrogen functional groups attached to an aromatic ring is 1. The van der Waals surface area contributed by atoms with Crippen LogP contribution < -0.4 is 16.8 Å². The zero-order chi connectivity index (χ0) is 16.0. The van der Waals surface area contributed by atoms with Gasteiger partial charge in [0.05, 0.1) is 6.42 Å². The van der Waals surface area contributed by atoms with Crippen molar-refractivity contribution in [1.82, 2.24) is 5.32 Å². The zero-order valence-electron chi connectivity index (χ0n) is 11.7. The van der Waals surface area contributed by atoms with Crippen LogP contribution in [0.1, 0.15) is 31.2 Å². The Morgan fingerprint density at radius 3 is 2.24 bits per heavy atom. The van der Waals surface area contributed by atoms with Gasteiger partial charge in [0.2, 0.25) is 11.8 Å². The Labute approximate surface area is 122 Å². The van der Waals surface area contributed by atoms with Gasteiger partial charge < -0.3 is 21.9 Å². The SMILES string of the molecule is CC(CC(=O)N[C@H](CC(N)=O)C(=O)O)c1ccc(N)cc1. The Hall–Kier alpha value is -2.57. The lowest BCUT2D eigenvalue weighted by Gasteiger charge is -2.16. The minimum atomic E-state index is -1.30. The number of nitrogens with one attached hydrogen (secondary N) is 1. The number of primary amides is 1. The monoisotopic (exact) mass is 293 g/mol. The fourth-order valence-electron chi connectivity index (χ4n) is 1.88. The van der Waals surface area contributed by atoms with Gasteiger partial charge in [0.25, 0.3) is 0 Å². The molecule has 7 nitrogen and oxygen atoms in total. The second-order valence-corrected chi connectivity index (χ2v) is 4.90. The van der Waals surface area contributed by atoms with E-state index in [2.05, 4.69) is 5.32 Å². The average Bonchev–Trinajstić information content (AvgIpc) is 2.37. The highest BCUT2D eigenvalue weighted by Gasteiger charge is 2.23. The molecule has 114 valence electrons. The number of rotatable bonds is 7. The molecule has 0 heterocycles. The number of nitrogens with two attached hydrogens (primary N) is 2. The maximum absolute atomic E-state index is 11.8. The van der Waals surface area contributed by atoms with Crippen molar-refractivity contribution in [3.05, 3.63) is 29.8 Å². The van der Waals surface area contributed by atoms with Crippen LogP contribution in [0, 0.1) is 0 Å². The highest BCUT2D eigenvalue weighted by molar-refractivity contribution is 5.88. The van der Waals surface area contributed by atoms with Crippen molar-refractivity contribution < 1.29 is 19.5 Å². The van der Waals surface area contributed by atoms with Crippen LogP contribution in [0.15, 0.2) is 24.3 Å². The van der Waals surface area contributed by atoms with Crippen molar-refractivity contribution in [3.8, 4) is 0 Å². The zero-order valence-corrected chi connectivity index (χ0v) is 11.7. The molecule has 1 unspecified atom stereocenters. The van der Waals surface area contributed by atoms with E-state index in [0.717, 1.165) is 5.56 Å². The van der Waals surface area contributed by atoms with Gasteiger partial charge in [0, 0.05) is 12.1 Å². The molecule has 0 bridgehead atoms. The van der Waals surface area contributed by atoms with Gasteiger partial charge in [-0.2, -0.15) is 0 Å². The second kappa shape index (κ2) is 7.28. The number of hydrogen-bond donors (Lipinski definition) is 4. The fourth-order valence-corrected chi connectivity index (χ4v) is 1.88. The number of carbonyl (C=O) groups is 3. The lowest BCUT2D eigenvalue weighted by Crippen LogP contribution is -2.43. The molecule has 0 saturated carbocycles. The van der Waals surface area contributed by atoms with E-state index >= 15 is 0 Å². The third-order valence-electron chi connectivity index (χ3n) is 3.04. The third-order valence-corrected chi connectivity index (χ3v) is 3.04. The summed E-state index contributed by atoms with van der Waals surface area (Å²) < 4.78 is 0. The van der Waals surface area contributed by atoms with Crippen LogP contribution in [0.25, 0.3) is 0 Å². The molecule has 0 spiro atoms. The van der Waals surface area contributed by atoms with Crippen LogP contribution in [0.4, 0.5) is 5.69 Å². The van der Waals surface area contributed by atoms with E-state index < -0.39 is 30.2 Å². The molecule has 0 saturated heterocycles. The predicted molar refractivity (Wildman–Crippen MR) is 77.3 cm³/mol. The summed E-state index contributed by atoms with van der Waals surface area (Å²) in [6, 6.07) is 5.79. The molecule has 21 heavy (non-hydrogen) atoms. The predicted octanol–water partition coefficient (Wildman–Crippen LogP) is 0.207. The first-order valence-corrected chi connectivity index (χ1v) is 6.45. The van der Waals surface area contributed by atoms with Gasteiger partial charge in [-0.1, -0.05) is 19.1 Å². The van der Waals surface area contributed by atoms with Gasteiger partial charge in [-0.15, -0.1) is 0 Å². The van der Waals surface area contributed by atoms with Crippen molar-refractivity contribution in [2.24, 2.45) is 5.73 Å². The number of anilines is 1. The summed E-state index contributed by atoms with van der Waals surface area (Å²) in [5, 5.41) is 11.2. The Kier molecular flexibility index (Phi) is 5.71. The van der Waals surface area contributed by atoms with Crippen LogP contribution in [-0.4, -0.2) is 28.9 Å². The molecule has 0 radical (unpaired) electrons. The normalized spacial score (nSPS) is 13.2. The summed E-state index contributed by atoms with van der Waals surface area (Å²) in [5.41, 5.74) is 12.1. The number of hydrogen-bond acceptors (Lipinski definition) is 4. The fraction of sp³-hybridized carbons (Fsp3) is 0.357. The third kappa shape index (κ3) is 5.52. The average molecular weight is 293 g/mol. The van der Waals surface area contributed by atoms with E-state index in [0.29, 0.717) is 5.69 Å². The molecular weight excluding hydrogens is 274 g/mol. The number of benzene rings is 1. The van der Waals surface area contributed by atoms with Gasteiger partial charge in [0.1, 0.15) is 6.04 Å². The highest BCUT2D eigenvalue weighted by atomic mass is 16.4. The molecule has 7 heteroatoms. The first-order chi connectivity index (χ1) is 9.79. The highest BCUT2D eigenvalue weighted by Crippen LogP contribution is 2.20. The lowest BCUT2D eigenvalue weighted by molar-refractivity contribution is -0.143. The van der Waals surface area contributed by atoms with Gasteiger partial charge >= 0.3 is 5.97 Å². The summed E-state index contributed by atoms with van der Waals surface area (Å²) >= 11 is 0. The summed E-state index contributed by atoms with van der Waals surface area (Å²) in [5.74, 6) is -2.63. The van der Waals surface area contributed by atoms with Gasteiger partial charge in [-0.3, -0.25) is 9.59 Å². The van der Waals surface area contributed by atoms with E-state index in [1.165, 1.54) is 0 Å². The standard InChI is InChI=1S/C14H19N3O4/c1-8(9-2-4-10(15)5-3-9)6-13(19)17-11(14(20)21)7-12(16)18/h2-5,8,11H,6-7,15H2,1H3,(H2,16,18)(H,17,19)(H,20,21)/t8?,11-/m1/s1. The molecule has 6 N–H and O–H groups in total. The Morgan fingerprint density at radius 1 is 1.19 bits per heavy atom. The van der Waals surface area contributed by atoms with Crippen molar-refractivity contribution in [2.45, 2.75) is 31.7 Å². The molecule has 0 aliphatic rings. The lowest BCUT2D eigenvalue weighted by atomic mass is 9.97. The summed E-state index contributed by atoms with van der Waals surface area (Å²) in [6.45, 7) is 1.84. The molecule has 1 aromatic carbocycles. The van der Waals surface area contributed by atoms with E-state index in [4.69, 9.17) is 16.6 Å². The first kappa shape index (κ1) is 16.5. The number of aliphatic carboxylic acids is 1. The number of amides is 2. The van der Waals surface area contributed by atoms with Gasteiger partial charge in [-0.25, -0.2) is 4.79 Å². The molecule has 2 amide bonds. The van der Waals surface area contributed by atoms with Gasteiger partial charge in [0.15, 0.2) is 0 Å². The summed E-state index contributed by atoms with van der Waals surface area (Å²) in [4.78, 5) is 33.5. The van der Waals surface area contributed by atoms with Crippen molar-refractivity contribution in [1.29, 1.82) is 0 Å². The van der Waals surface area contributed by atoms with Crippen LogP contribution in [-0.2, 0) is 14.4 Å². The van der Waals surface area contributed by atoms with Crippen LogP contribution in [0.3, 0.4) is 0 Å². The number of carboxylic acid groups (broad SMARTS) is 1. The van der Waals surface area contributed by atoms with E-state index in [9.17, 15) is 14.4 Å². The Bertz CT molecular complexity index is 528. The number of carbonyl (C=O) groups excluding carboxylic acids is 2. The summed E-state index contributed by atoms with van der Waals surface area (Å²) in [7, 11) is 0. The number of carboxylic acids is 1. The molecule has 1 rings (SSSR count). The van der Waals surface area contributed by atoms with E-state index in [-0.39, 0.29) is 12.3 Å². The minimum Gasteiger partial charge on any atom is -0.480 e. The topological polar surface area (TPSA) is 136 Å². The molecule has 1 aromatic rings. The molecule has 0 aliphatic heterocycles. The van der Waals surface area contributed by atoms with E-state index in [1.807, 2.05) is 19.1 Å². The Balaban J connectivity index is 2.61. The summed E-state index contributed by atoms with van der Waals surface area (Å²) in [6.07, 6.45) is -0.330. The largest absolute Gasteiger partial charge is 0.480 e. The minimum absolute atomic E-state index is 0.103. The van der Waals surface area contributed by atoms with Crippen molar-refractivity contribution in [2.75, 3.05) is 5.73 Å². The van der Waals surface area contributed by atoms with Crippen LogP contribution in [0.5, 0.6) is 0 Å². The molecule has 2 atom stereocenters. The van der Waals surface area contributed by atoms with Crippen molar-refractivity contribution in [3.63, 3.8) is 0 Å². The molecule has 0 aliphatic carbocycles. The van der Waals surface area contributed by atoms with Crippen LogP contribution >= 0.6 is 0 Å². The first-order valence-electron chi connectivity index (χ1n) is 6.45. The Morgan fingerprint density at radius 2 is 1.76 bits per heavy atom. The molecule has 0 fully saturated rings. The van der Waals surface area contributed by atoms with Gasteiger partial charge in [-0.05, 0) is 23.6 Å². The maximum atomic E-state index is 11.8. The molecular formula is C14H19N3O4. The quantitative estimate of drug-likeness (QED) is 0.533. The molecule has 0 aromatic heterocycles.